The van der Waals surface area contributed by atoms with Crippen molar-refractivity contribution in [1.29, 1.82) is 0 Å². The van der Waals surface area contributed by atoms with Crippen LogP contribution in [0.3, 0.4) is 0 Å². The van der Waals surface area contributed by atoms with Gasteiger partial charge in [0, 0.05) is 50.8 Å². The average Bonchev–Trinajstić information content (AvgIpc) is 2.61. The van der Waals surface area contributed by atoms with Crippen LogP contribution < -0.4 is 0 Å². The Hall–Kier alpha value is -0.160. The predicted molar refractivity (Wildman–Crippen MR) is 81.9 cm³/mol. The molecule has 0 saturated carbocycles. The first-order valence-corrected chi connectivity index (χ1v) is 8.33. The lowest BCUT2D eigenvalue weighted by atomic mass is 9.96. The number of aliphatic hydroxyl groups is 1. The SMILES string of the molecule is CN1C2CCC1CC(N1CCN(CC(C)(C)O)CC1)C2. The van der Waals surface area contributed by atoms with Gasteiger partial charge in [-0.2, -0.15) is 0 Å². The molecule has 3 rings (SSSR count). The minimum Gasteiger partial charge on any atom is -0.389 e. The van der Waals surface area contributed by atoms with E-state index in [-0.39, 0.29) is 0 Å². The molecule has 0 aliphatic carbocycles. The molecule has 3 aliphatic heterocycles. The first-order chi connectivity index (χ1) is 9.42. The van der Waals surface area contributed by atoms with Gasteiger partial charge in [0.25, 0.3) is 0 Å². The minimum atomic E-state index is -0.561. The van der Waals surface area contributed by atoms with E-state index in [9.17, 15) is 5.11 Å². The zero-order valence-corrected chi connectivity index (χ0v) is 13.4. The molecule has 2 unspecified atom stereocenters. The second-order valence-electron chi connectivity index (χ2n) is 7.80. The lowest BCUT2D eigenvalue weighted by Crippen LogP contribution is -2.56. The van der Waals surface area contributed by atoms with Gasteiger partial charge in [0.1, 0.15) is 0 Å². The number of hydrogen-bond donors (Lipinski definition) is 1. The van der Waals surface area contributed by atoms with Gasteiger partial charge >= 0.3 is 0 Å². The Morgan fingerprint density at radius 1 is 0.950 bits per heavy atom. The fourth-order valence-electron chi connectivity index (χ4n) is 4.51. The van der Waals surface area contributed by atoms with Crippen molar-refractivity contribution >= 4 is 0 Å². The summed E-state index contributed by atoms with van der Waals surface area (Å²) in [6.45, 7) is 9.23. The number of fused-ring (bicyclic) bond motifs is 2. The molecule has 1 N–H and O–H groups in total. The maximum absolute atomic E-state index is 9.93. The van der Waals surface area contributed by atoms with E-state index in [0.717, 1.165) is 37.8 Å². The summed E-state index contributed by atoms with van der Waals surface area (Å²) in [6.07, 6.45) is 5.57. The lowest BCUT2D eigenvalue weighted by molar-refractivity contribution is -0.00114. The number of piperazine rings is 1. The molecular formula is C16H31N3O. The Balaban J connectivity index is 1.49. The minimum absolute atomic E-state index is 0.561. The molecule has 0 amide bonds. The van der Waals surface area contributed by atoms with Gasteiger partial charge in [-0.1, -0.05) is 0 Å². The van der Waals surface area contributed by atoms with Crippen LogP contribution >= 0.6 is 0 Å². The second kappa shape index (κ2) is 5.56. The van der Waals surface area contributed by atoms with E-state index in [1.807, 2.05) is 13.8 Å². The van der Waals surface area contributed by atoms with Crippen molar-refractivity contribution in [2.24, 2.45) is 0 Å². The zero-order valence-electron chi connectivity index (χ0n) is 13.4. The molecule has 0 aromatic heterocycles. The fraction of sp³-hybridized carbons (Fsp3) is 1.00. The van der Waals surface area contributed by atoms with Crippen LogP contribution in [0.4, 0.5) is 0 Å². The van der Waals surface area contributed by atoms with Crippen molar-refractivity contribution in [2.75, 3.05) is 39.8 Å². The van der Waals surface area contributed by atoms with Crippen LogP contribution in [0.15, 0.2) is 0 Å². The third kappa shape index (κ3) is 3.19. The van der Waals surface area contributed by atoms with Crippen molar-refractivity contribution < 1.29 is 5.11 Å². The first-order valence-electron chi connectivity index (χ1n) is 8.33. The van der Waals surface area contributed by atoms with Gasteiger partial charge in [-0.25, -0.2) is 0 Å². The quantitative estimate of drug-likeness (QED) is 0.836. The molecular weight excluding hydrogens is 250 g/mol. The molecule has 2 atom stereocenters. The molecule has 0 aromatic rings. The van der Waals surface area contributed by atoms with Crippen molar-refractivity contribution in [3.63, 3.8) is 0 Å². The van der Waals surface area contributed by atoms with Gasteiger partial charge in [0.15, 0.2) is 0 Å². The van der Waals surface area contributed by atoms with Gasteiger partial charge in [-0.15, -0.1) is 0 Å². The van der Waals surface area contributed by atoms with Crippen molar-refractivity contribution in [3.8, 4) is 0 Å². The molecule has 116 valence electrons. The molecule has 3 saturated heterocycles. The van der Waals surface area contributed by atoms with Crippen LogP contribution in [0.1, 0.15) is 39.5 Å². The van der Waals surface area contributed by atoms with Gasteiger partial charge in [-0.05, 0) is 46.6 Å². The largest absolute Gasteiger partial charge is 0.389 e. The standard InChI is InChI=1S/C16H31N3O/c1-16(2,20)12-18-6-8-19(9-7-18)15-10-13-4-5-14(11-15)17(13)3/h13-15,20H,4-12H2,1-3H3. The number of rotatable bonds is 3. The molecule has 4 nitrogen and oxygen atoms in total. The summed E-state index contributed by atoms with van der Waals surface area (Å²) in [6, 6.07) is 2.49. The van der Waals surface area contributed by atoms with Gasteiger partial charge in [0.05, 0.1) is 5.60 Å². The zero-order chi connectivity index (χ0) is 14.3. The molecule has 0 spiro atoms. The summed E-state index contributed by atoms with van der Waals surface area (Å²) in [4.78, 5) is 7.76. The Morgan fingerprint density at radius 2 is 1.50 bits per heavy atom. The number of nitrogens with zero attached hydrogens (tertiary/aromatic N) is 3. The predicted octanol–water partition coefficient (Wildman–Crippen LogP) is 1.00. The Morgan fingerprint density at radius 3 is 2.00 bits per heavy atom. The Bertz CT molecular complexity index is 319. The second-order valence-corrected chi connectivity index (χ2v) is 7.80. The van der Waals surface area contributed by atoms with E-state index in [4.69, 9.17) is 0 Å². The Kier molecular flexibility index (Phi) is 4.10. The molecule has 4 heteroatoms. The monoisotopic (exact) mass is 281 g/mol. The number of hydrogen-bond acceptors (Lipinski definition) is 4. The Labute approximate surface area is 123 Å². The van der Waals surface area contributed by atoms with Crippen LogP contribution in [-0.2, 0) is 0 Å². The lowest BCUT2D eigenvalue weighted by Gasteiger charge is -2.45. The smallest absolute Gasteiger partial charge is 0.0718 e. The van der Waals surface area contributed by atoms with Crippen LogP contribution in [0.25, 0.3) is 0 Å². The van der Waals surface area contributed by atoms with Crippen LogP contribution in [0.5, 0.6) is 0 Å². The highest BCUT2D eigenvalue weighted by molar-refractivity contribution is 4.97. The summed E-state index contributed by atoms with van der Waals surface area (Å²) < 4.78 is 0. The van der Waals surface area contributed by atoms with Crippen molar-refractivity contribution in [2.45, 2.75) is 63.3 Å². The normalized spacial score (nSPS) is 37.5. The summed E-state index contributed by atoms with van der Waals surface area (Å²) in [7, 11) is 2.32. The highest BCUT2D eigenvalue weighted by Crippen LogP contribution is 2.36. The van der Waals surface area contributed by atoms with E-state index in [1.165, 1.54) is 38.8 Å². The fourth-order valence-corrected chi connectivity index (χ4v) is 4.51. The molecule has 0 radical (unpaired) electrons. The van der Waals surface area contributed by atoms with E-state index in [2.05, 4.69) is 21.7 Å². The van der Waals surface area contributed by atoms with Crippen LogP contribution in [0, 0.1) is 0 Å². The van der Waals surface area contributed by atoms with E-state index in [0.29, 0.717) is 0 Å². The summed E-state index contributed by atoms with van der Waals surface area (Å²) in [5.74, 6) is 0. The van der Waals surface area contributed by atoms with E-state index >= 15 is 0 Å². The summed E-state index contributed by atoms with van der Waals surface area (Å²) >= 11 is 0. The van der Waals surface area contributed by atoms with E-state index in [1.54, 1.807) is 0 Å². The number of piperidine rings is 1. The third-order valence-corrected chi connectivity index (χ3v) is 5.61. The van der Waals surface area contributed by atoms with Crippen LogP contribution in [-0.4, -0.2) is 83.3 Å². The van der Waals surface area contributed by atoms with Crippen molar-refractivity contribution in [1.82, 2.24) is 14.7 Å². The first kappa shape index (κ1) is 14.8. The molecule has 0 aromatic carbocycles. The molecule has 20 heavy (non-hydrogen) atoms. The average molecular weight is 281 g/mol. The van der Waals surface area contributed by atoms with Crippen LogP contribution in [0.2, 0.25) is 0 Å². The summed E-state index contributed by atoms with van der Waals surface area (Å²) in [5, 5.41) is 9.93. The van der Waals surface area contributed by atoms with Gasteiger partial charge in [-0.3, -0.25) is 9.80 Å². The highest BCUT2D eigenvalue weighted by atomic mass is 16.3. The topological polar surface area (TPSA) is 30.0 Å². The third-order valence-electron chi connectivity index (χ3n) is 5.61. The maximum atomic E-state index is 9.93. The van der Waals surface area contributed by atoms with Gasteiger partial charge < -0.3 is 10.0 Å². The highest BCUT2D eigenvalue weighted by Gasteiger charge is 2.40. The molecule has 3 fully saturated rings. The maximum Gasteiger partial charge on any atom is 0.0718 e. The van der Waals surface area contributed by atoms with Crippen molar-refractivity contribution in [3.05, 3.63) is 0 Å². The van der Waals surface area contributed by atoms with Gasteiger partial charge in [0.2, 0.25) is 0 Å². The number of β-amino-alcohol motifs (C(OH)–C–C–N with tert-alkyl or cyclic N) is 1. The van der Waals surface area contributed by atoms with E-state index < -0.39 is 5.60 Å². The molecule has 3 heterocycles. The summed E-state index contributed by atoms with van der Waals surface area (Å²) in [5.41, 5.74) is -0.561. The molecule has 2 bridgehead atoms. The molecule has 3 aliphatic rings.